The number of hydrogen-bond acceptors (Lipinski definition) is 5. The van der Waals surface area contributed by atoms with Crippen LogP contribution in [-0.4, -0.2) is 21.4 Å². The molecule has 0 spiro atoms. The third-order valence-electron chi connectivity index (χ3n) is 2.20. The van der Waals surface area contributed by atoms with Crippen LogP contribution >= 0.6 is 23.1 Å². The standard InChI is InChI=1S/C13H15N3OS2/c1-9(2)18-13-16-15-12(19-13)14-11(17)8-10-6-4-3-5-7-10/h3-7,9H,8H2,1-2H3,(H,14,15,17). The topological polar surface area (TPSA) is 54.9 Å². The van der Waals surface area contributed by atoms with Gasteiger partial charge in [-0.25, -0.2) is 0 Å². The first kappa shape index (κ1) is 14.0. The number of carbonyl (C=O) groups excluding carboxylic acids is 1. The Kier molecular flexibility index (Phi) is 4.93. The van der Waals surface area contributed by atoms with E-state index in [1.807, 2.05) is 30.3 Å². The van der Waals surface area contributed by atoms with Crippen molar-refractivity contribution < 1.29 is 4.79 Å². The highest BCUT2D eigenvalue weighted by Crippen LogP contribution is 2.28. The van der Waals surface area contributed by atoms with Crippen molar-refractivity contribution in [3.63, 3.8) is 0 Å². The summed E-state index contributed by atoms with van der Waals surface area (Å²) in [5, 5.41) is 11.8. The second-order valence-corrected chi connectivity index (χ2v) is 7.05. The summed E-state index contributed by atoms with van der Waals surface area (Å²) in [5.41, 5.74) is 0.987. The highest BCUT2D eigenvalue weighted by Gasteiger charge is 2.10. The van der Waals surface area contributed by atoms with E-state index >= 15 is 0 Å². The van der Waals surface area contributed by atoms with E-state index in [0.29, 0.717) is 16.8 Å². The van der Waals surface area contributed by atoms with Gasteiger partial charge in [0.1, 0.15) is 0 Å². The maximum Gasteiger partial charge on any atom is 0.230 e. The van der Waals surface area contributed by atoms with Gasteiger partial charge in [0.05, 0.1) is 6.42 Å². The highest BCUT2D eigenvalue weighted by atomic mass is 32.2. The average Bonchev–Trinajstić information content (AvgIpc) is 2.76. The van der Waals surface area contributed by atoms with E-state index < -0.39 is 0 Å². The molecule has 0 saturated heterocycles. The van der Waals surface area contributed by atoms with Gasteiger partial charge in [0.2, 0.25) is 11.0 Å². The fourth-order valence-corrected chi connectivity index (χ4v) is 3.45. The SMILES string of the molecule is CC(C)Sc1nnc(NC(=O)Cc2ccccc2)s1. The Labute approximate surface area is 120 Å². The molecule has 1 aromatic heterocycles. The normalized spacial score (nSPS) is 10.7. The van der Waals surface area contributed by atoms with Crippen molar-refractivity contribution in [3.8, 4) is 0 Å². The predicted molar refractivity (Wildman–Crippen MR) is 79.7 cm³/mol. The number of thioether (sulfide) groups is 1. The zero-order valence-electron chi connectivity index (χ0n) is 10.8. The second kappa shape index (κ2) is 6.68. The fourth-order valence-electron chi connectivity index (χ4n) is 1.45. The second-order valence-electron chi connectivity index (χ2n) is 4.25. The van der Waals surface area contributed by atoms with Gasteiger partial charge in [0.25, 0.3) is 0 Å². The first-order valence-corrected chi connectivity index (χ1v) is 7.67. The maximum atomic E-state index is 11.8. The molecule has 0 aliphatic heterocycles. The molecule has 2 rings (SSSR count). The summed E-state index contributed by atoms with van der Waals surface area (Å²) in [6.07, 6.45) is 0.354. The summed E-state index contributed by atoms with van der Waals surface area (Å²) in [6.45, 7) is 4.19. The average molecular weight is 293 g/mol. The van der Waals surface area contributed by atoms with Crippen LogP contribution in [0, 0.1) is 0 Å². The number of benzene rings is 1. The van der Waals surface area contributed by atoms with Crippen molar-refractivity contribution in [2.75, 3.05) is 5.32 Å². The largest absolute Gasteiger partial charge is 0.300 e. The molecule has 0 fully saturated rings. The molecule has 1 heterocycles. The molecule has 4 nitrogen and oxygen atoms in total. The number of carbonyl (C=O) groups is 1. The third kappa shape index (κ3) is 4.65. The number of amides is 1. The number of anilines is 1. The molecule has 0 atom stereocenters. The van der Waals surface area contributed by atoms with Gasteiger partial charge in [-0.15, -0.1) is 10.2 Å². The summed E-state index contributed by atoms with van der Waals surface area (Å²) in [4.78, 5) is 11.8. The molecule has 1 aromatic carbocycles. The predicted octanol–water partition coefficient (Wildman–Crippen LogP) is 3.22. The van der Waals surface area contributed by atoms with E-state index in [-0.39, 0.29) is 5.91 Å². The monoisotopic (exact) mass is 293 g/mol. The van der Waals surface area contributed by atoms with E-state index in [0.717, 1.165) is 9.90 Å². The molecule has 19 heavy (non-hydrogen) atoms. The van der Waals surface area contributed by atoms with Gasteiger partial charge >= 0.3 is 0 Å². The lowest BCUT2D eigenvalue weighted by Gasteiger charge is -2.01. The lowest BCUT2D eigenvalue weighted by atomic mass is 10.1. The third-order valence-corrected chi connectivity index (χ3v) is 4.12. The zero-order valence-corrected chi connectivity index (χ0v) is 12.4. The van der Waals surface area contributed by atoms with Crippen LogP contribution in [0.2, 0.25) is 0 Å². The smallest absolute Gasteiger partial charge is 0.230 e. The first-order valence-electron chi connectivity index (χ1n) is 5.97. The minimum absolute atomic E-state index is 0.0663. The quantitative estimate of drug-likeness (QED) is 0.679. The van der Waals surface area contributed by atoms with Crippen molar-refractivity contribution in [2.24, 2.45) is 0 Å². The molecular weight excluding hydrogens is 278 g/mol. The number of nitrogens with one attached hydrogen (secondary N) is 1. The van der Waals surface area contributed by atoms with Crippen molar-refractivity contribution in [1.82, 2.24) is 10.2 Å². The van der Waals surface area contributed by atoms with Gasteiger partial charge in [-0.2, -0.15) is 0 Å². The van der Waals surface area contributed by atoms with Gasteiger partial charge in [0.15, 0.2) is 4.34 Å². The van der Waals surface area contributed by atoms with Gasteiger partial charge in [-0.3, -0.25) is 4.79 Å². The maximum absolute atomic E-state index is 11.8. The Balaban J connectivity index is 1.90. The van der Waals surface area contributed by atoms with Gasteiger partial charge < -0.3 is 5.32 Å². The van der Waals surface area contributed by atoms with Crippen molar-refractivity contribution in [3.05, 3.63) is 35.9 Å². The molecule has 100 valence electrons. The molecule has 1 amide bonds. The van der Waals surface area contributed by atoms with Crippen molar-refractivity contribution in [1.29, 1.82) is 0 Å². The lowest BCUT2D eigenvalue weighted by molar-refractivity contribution is -0.115. The lowest BCUT2D eigenvalue weighted by Crippen LogP contribution is -2.14. The van der Waals surface area contributed by atoms with Crippen LogP contribution in [0.1, 0.15) is 19.4 Å². The zero-order chi connectivity index (χ0) is 13.7. The summed E-state index contributed by atoms with van der Waals surface area (Å²) in [7, 11) is 0. The van der Waals surface area contributed by atoms with Gasteiger partial charge in [-0.05, 0) is 5.56 Å². The Bertz CT molecular complexity index is 540. The molecule has 0 bridgehead atoms. The summed E-state index contributed by atoms with van der Waals surface area (Å²) < 4.78 is 0.880. The van der Waals surface area contributed by atoms with Gasteiger partial charge in [0, 0.05) is 5.25 Å². The Morgan fingerprint density at radius 3 is 2.74 bits per heavy atom. The van der Waals surface area contributed by atoms with E-state index in [1.165, 1.54) is 11.3 Å². The number of aromatic nitrogens is 2. The minimum atomic E-state index is -0.0663. The molecule has 0 saturated carbocycles. The Morgan fingerprint density at radius 1 is 1.32 bits per heavy atom. The van der Waals surface area contributed by atoms with Crippen LogP contribution in [0.15, 0.2) is 34.7 Å². The van der Waals surface area contributed by atoms with Crippen molar-refractivity contribution in [2.45, 2.75) is 29.9 Å². The highest BCUT2D eigenvalue weighted by molar-refractivity contribution is 8.01. The molecule has 0 radical (unpaired) electrons. The van der Waals surface area contributed by atoms with E-state index in [9.17, 15) is 4.79 Å². The van der Waals surface area contributed by atoms with E-state index in [1.54, 1.807) is 11.8 Å². The minimum Gasteiger partial charge on any atom is -0.300 e. The number of hydrogen-bond donors (Lipinski definition) is 1. The van der Waals surface area contributed by atoms with Crippen LogP contribution in [0.4, 0.5) is 5.13 Å². The molecule has 2 aromatic rings. The van der Waals surface area contributed by atoms with Crippen LogP contribution in [0.3, 0.4) is 0 Å². The first-order chi connectivity index (χ1) is 9.13. The summed E-state index contributed by atoms with van der Waals surface area (Å²) in [6, 6.07) is 9.64. The van der Waals surface area contributed by atoms with Crippen LogP contribution in [0.25, 0.3) is 0 Å². The number of rotatable bonds is 5. The van der Waals surface area contributed by atoms with Crippen molar-refractivity contribution >= 4 is 34.1 Å². The van der Waals surface area contributed by atoms with E-state index in [2.05, 4.69) is 29.4 Å². The molecule has 0 unspecified atom stereocenters. The van der Waals surface area contributed by atoms with Gasteiger partial charge in [-0.1, -0.05) is 67.3 Å². The molecule has 6 heteroatoms. The van der Waals surface area contributed by atoms with E-state index in [4.69, 9.17) is 0 Å². The molecule has 0 aliphatic rings. The fraction of sp³-hybridized carbons (Fsp3) is 0.308. The Hall–Kier alpha value is -1.40. The summed E-state index contributed by atoms with van der Waals surface area (Å²) in [5.74, 6) is -0.0663. The van der Waals surface area contributed by atoms with Crippen LogP contribution in [0.5, 0.6) is 0 Å². The molecule has 1 N–H and O–H groups in total. The molecule has 0 aliphatic carbocycles. The Morgan fingerprint density at radius 2 is 2.05 bits per heavy atom. The van der Waals surface area contributed by atoms with Crippen LogP contribution < -0.4 is 5.32 Å². The number of nitrogens with zero attached hydrogens (tertiary/aromatic N) is 2. The summed E-state index contributed by atoms with van der Waals surface area (Å²) >= 11 is 3.05. The van der Waals surface area contributed by atoms with Crippen LogP contribution in [-0.2, 0) is 11.2 Å². The molecular formula is C13H15N3OS2.